The van der Waals surface area contributed by atoms with Gasteiger partial charge in [-0.05, 0) is 6.42 Å². The molecule has 1 atom stereocenters. The second-order valence-corrected chi connectivity index (χ2v) is 2.81. The van der Waals surface area contributed by atoms with Crippen LogP contribution in [0.4, 0.5) is 0 Å². The van der Waals surface area contributed by atoms with E-state index in [0.29, 0.717) is 6.42 Å². The Morgan fingerprint density at radius 2 is 1.57 bits per heavy atom. The van der Waals surface area contributed by atoms with E-state index < -0.39 is 7.82 Å². The summed E-state index contributed by atoms with van der Waals surface area (Å²) in [6.07, 6.45) is 0.647. The topological polar surface area (TPSA) is 81.8 Å². The van der Waals surface area contributed by atoms with Crippen molar-refractivity contribution in [3.05, 3.63) is 0 Å². The molecule has 0 aromatic heterocycles. The van der Waals surface area contributed by atoms with Crippen LogP contribution < -0.4 is 5.90 Å². The predicted octanol–water partition coefficient (Wildman–Crippen LogP) is -2.84. The van der Waals surface area contributed by atoms with Crippen LogP contribution in [-0.4, -0.2) is 159 Å². The van der Waals surface area contributed by atoms with Crippen molar-refractivity contribution in [2.45, 2.75) is 13.3 Å². The molecule has 14 heavy (non-hydrogen) atoms. The fourth-order valence-electron chi connectivity index (χ4n) is 0.237. The fraction of sp³-hybridized carbons (Fsp3) is 1.00. The predicted molar refractivity (Wildman–Crippen MR) is 67.1 cm³/mol. The molecule has 0 aliphatic rings. The zero-order valence-electron chi connectivity index (χ0n) is 5.11. The Morgan fingerprint density at radius 3 is 1.79 bits per heavy atom. The van der Waals surface area contributed by atoms with Crippen LogP contribution in [0.2, 0.25) is 0 Å². The Bertz CT molecular complexity index is 130. The average molecular weight is 275 g/mol. The molecule has 11 heteroatoms. The maximum atomic E-state index is 10.3. The van der Waals surface area contributed by atoms with Crippen molar-refractivity contribution < 1.29 is 18.6 Å². The van der Waals surface area contributed by atoms with Gasteiger partial charge in [0.1, 0.15) is 0 Å². The van der Waals surface area contributed by atoms with Gasteiger partial charge < -0.3 is 4.89 Å². The first-order chi connectivity index (χ1) is 4.12. The first kappa shape index (κ1) is 36.5. The Labute approximate surface area is 195 Å². The van der Waals surface area contributed by atoms with Gasteiger partial charge in [0.15, 0.2) is 0 Å². The number of nitrogens with two attached hydrogens (primary N) is 1. The van der Waals surface area contributed by atoms with E-state index in [4.69, 9.17) is 4.89 Å². The summed E-state index contributed by atoms with van der Waals surface area (Å²) in [6.45, 7) is 1.97. The van der Waals surface area contributed by atoms with Gasteiger partial charge in [-0.3, -0.25) is 4.52 Å². The molecule has 0 aliphatic carbocycles. The van der Waals surface area contributed by atoms with Gasteiger partial charge in [-0.2, -0.15) is 0 Å². The molecule has 0 heterocycles. The van der Waals surface area contributed by atoms with Gasteiger partial charge in [0.05, 0.1) is 6.61 Å². The minimum atomic E-state index is -3.91. The third-order valence-corrected chi connectivity index (χ3v) is 1.37. The Kier molecular flexibility index (Phi) is 60.4. The van der Waals surface area contributed by atoms with Crippen molar-refractivity contribution in [2.75, 3.05) is 6.61 Å². The van der Waals surface area contributed by atoms with Crippen LogP contribution in [0.1, 0.15) is 13.3 Å². The summed E-state index contributed by atoms with van der Waals surface area (Å²) >= 11 is 0. The zero-order chi connectivity index (χ0) is 7.33. The van der Waals surface area contributed by atoms with Gasteiger partial charge in [0, 0.05) is 0 Å². The molecule has 0 fully saturated rings. The first-order valence-corrected chi connectivity index (χ1v) is 3.97. The van der Waals surface area contributed by atoms with Crippen molar-refractivity contribution in [1.82, 2.24) is 0 Å². The van der Waals surface area contributed by atoms with E-state index >= 15 is 0 Å². The molecule has 5 nitrogen and oxygen atoms in total. The number of phosphoric ester groups is 1. The van der Waals surface area contributed by atoms with Crippen LogP contribution in [0.15, 0.2) is 0 Å². The fourth-order valence-corrected chi connectivity index (χ4v) is 0.711. The van der Waals surface area contributed by atoms with Gasteiger partial charge in [-0.1, -0.05) is 6.92 Å². The molecule has 0 aromatic carbocycles. The van der Waals surface area contributed by atoms with E-state index in [0.717, 1.165) is 0 Å². The third kappa shape index (κ3) is 25.8. The summed E-state index contributed by atoms with van der Waals surface area (Å²) < 4.78 is 18.2. The summed E-state index contributed by atoms with van der Waals surface area (Å²) in [7, 11) is -3.91. The van der Waals surface area contributed by atoms with Crippen LogP contribution in [0.25, 0.3) is 0 Å². The molecule has 0 bridgehead atoms. The van der Waals surface area contributed by atoms with Crippen molar-refractivity contribution in [2.24, 2.45) is 5.90 Å². The quantitative estimate of drug-likeness (QED) is 0.328. The molecule has 0 aromatic rings. The van der Waals surface area contributed by atoms with Gasteiger partial charge in [-0.25, -0.2) is 15.1 Å². The van der Waals surface area contributed by atoms with E-state index in [1.165, 1.54) is 0 Å². The Hall–Kier alpha value is 5.07. The van der Waals surface area contributed by atoms with Gasteiger partial charge >= 0.3 is 156 Å². The molecular formula is C3H15NNa5O4P. The van der Waals surface area contributed by atoms with Crippen molar-refractivity contribution in [3.63, 3.8) is 0 Å². The molecule has 0 saturated heterocycles. The molecule has 66 valence electrons. The van der Waals surface area contributed by atoms with E-state index in [2.05, 4.69) is 15.0 Å². The Balaban J connectivity index is -0.0000000320. The van der Waals surface area contributed by atoms with Crippen molar-refractivity contribution in [3.8, 4) is 0 Å². The van der Waals surface area contributed by atoms with Crippen LogP contribution in [0.5, 0.6) is 0 Å². The summed E-state index contributed by atoms with van der Waals surface area (Å²) in [5, 5.41) is 0. The zero-order valence-corrected chi connectivity index (χ0v) is 6.01. The molecule has 0 rings (SSSR count). The number of rotatable bonds is 4. The summed E-state index contributed by atoms with van der Waals surface area (Å²) in [6, 6.07) is 0. The van der Waals surface area contributed by atoms with Crippen molar-refractivity contribution >= 4 is 156 Å². The van der Waals surface area contributed by atoms with Crippen LogP contribution >= 0.6 is 7.82 Å². The molecule has 0 radical (unpaired) electrons. The van der Waals surface area contributed by atoms with E-state index in [-0.39, 0.29) is 154 Å². The molecule has 0 amide bonds. The van der Waals surface area contributed by atoms with Gasteiger partial charge in [0.25, 0.3) is 0 Å². The molecule has 0 aliphatic heterocycles. The summed E-state index contributed by atoms with van der Waals surface area (Å²) in [5.41, 5.74) is 0. The van der Waals surface area contributed by atoms with Gasteiger partial charge in [-0.15, -0.1) is 0 Å². The van der Waals surface area contributed by atoms with E-state index in [9.17, 15) is 4.57 Å². The monoisotopic (exact) mass is 275 g/mol. The van der Waals surface area contributed by atoms with E-state index in [1.807, 2.05) is 0 Å². The minimum absolute atomic E-state index is 0. The standard InChI is InChI=1S/C3H10NO4P.5Na.5H/c1-2-3-7-9(5,6)8-4;;;;;;;;;;/h2-4H2,1H3,(H,5,6);;;;;;;;;;. The molecule has 0 spiro atoms. The number of phosphoric acid groups is 1. The summed E-state index contributed by atoms with van der Waals surface area (Å²) in [4.78, 5) is 8.44. The third-order valence-electron chi connectivity index (χ3n) is 0.592. The molecule has 0 saturated carbocycles. The number of hydrogen-bond acceptors (Lipinski definition) is 4. The second-order valence-electron chi connectivity index (χ2n) is 1.41. The maximum absolute atomic E-state index is 10.3. The molecular weight excluding hydrogens is 260 g/mol. The molecule has 3 N–H and O–H groups in total. The number of hydrogen-bond donors (Lipinski definition) is 2. The van der Waals surface area contributed by atoms with Crippen LogP contribution in [0, 0.1) is 0 Å². The SMILES string of the molecule is CCCOP(=O)(O)ON.[NaH].[NaH].[NaH].[NaH].[NaH]. The van der Waals surface area contributed by atoms with Crippen molar-refractivity contribution in [1.29, 1.82) is 0 Å². The van der Waals surface area contributed by atoms with E-state index in [1.54, 1.807) is 6.92 Å². The van der Waals surface area contributed by atoms with Crippen LogP contribution in [-0.2, 0) is 13.7 Å². The Morgan fingerprint density at radius 1 is 1.21 bits per heavy atom. The summed E-state index contributed by atoms with van der Waals surface area (Å²) in [5.74, 6) is 4.41. The normalized spacial score (nSPS) is 11.1. The molecule has 1 unspecified atom stereocenters. The first-order valence-electron chi connectivity index (χ1n) is 2.48. The van der Waals surface area contributed by atoms with Gasteiger partial charge in [0.2, 0.25) is 0 Å². The average Bonchev–Trinajstić information content (AvgIpc) is 1.84. The van der Waals surface area contributed by atoms with Crippen LogP contribution in [0.3, 0.4) is 0 Å². The second kappa shape index (κ2) is 23.2.